The van der Waals surface area contributed by atoms with E-state index in [-0.39, 0.29) is 24.0 Å². The Bertz CT molecular complexity index is 351. The maximum absolute atomic E-state index is 6.04. The van der Waals surface area contributed by atoms with Gasteiger partial charge in [0.1, 0.15) is 0 Å². The summed E-state index contributed by atoms with van der Waals surface area (Å²) < 4.78 is 11.1. The Morgan fingerprint density at radius 2 is 1.67 bits per heavy atom. The van der Waals surface area contributed by atoms with Crippen molar-refractivity contribution in [1.29, 1.82) is 0 Å². The first-order chi connectivity index (χ1) is 12.8. The molecule has 0 heterocycles. The lowest BCUT2D eigenvalue weighted by atomic mass is 10.1. The molecule has 1 saturated carbocycles. The quantitative estimate of drug-likeness (QED) is 0.134. The van der Waals surface area contributed by atoms with Crippen LogP contribution >= 0.6 is 24.0 Å². The zero-order valence-electron chi connectivity index (χ0n) is 17.8. The van der Waals surface area contributed by atoms with Gasteiger partial charge in [-0.3, -0.25) is 4.99 Å². The van der Waals surface area contributed by atoms with Crippen molar-refractivity contribution in [2.45, 2.75) is 63.9 Å². The van der Waals surface area contributed by atoms with Gasteiger partial charge in [-0.15, -0.1) is 24.0 Å². The van der Waals surface area contributed by atoms with Crippen LogP contribution in [0.1, 0.15) is 57.8 Å². The molecule has 0 saturated heterocycles. The first kappa shape index (κ1) is 26.9. The molecular weight excluding hydrogens is 455 g/mol. The lowest BCUT2D eigenvalue weighted by Crippen LogP contribution is -2.41. The third kappa shape index (κ3) is 15.5. The third-order valence-electron chi connectivity index (χ3n) is 4.92. The summed E-state index contributed by atoms with van der Waals surface area (Å²) in [6, 6.07) is 0. The molecule has 0 aromatic heterocycles. The molecule has 1 fully saturated rings. The van der Waals surface area contributed by atoms with Gasteiger partial charge >= 0.3 is 0 Å². The van der Waals surface area contributed by atoms with E-state index in [4.69, 9.17) is 9.47 Å². The Kier molecular flexibility index (Phi) is 19.1. The van der Waals surface area contributed by atoms with Crippen LogP contribution in [0.2, 0.25) is 0 Å². The molecule has 0 aromatic rings. The van der Waals surface area contributed by atoms with E-state index in [1.54, 1.807) is 7.11 Å². The molecule has 0 radical (unpaired) electrons. The van der Waals surface area contributed by atoms with Crippen LogP contribution in [0.15, 0.2) is 4.99 Å². The van der Waals surface area contributed by atoms with Gasteiger partial charge in [-0.05, 0) is 39.2 Å². The van der Waals surface area contributed by atoms with Crippen molar-refractivity contribution in [1.82, 2.24) is 15.5 Å². The highest BCUT2D eigenvalue weighted by atomic mass is 127. The fraction of sp³-hybridized carbons (Fsp3) is 0.950. The van der Waals surface area contributed by atoms with Crippen LogP contribution in [0.3, 0.4) is 0 Å². The minimum atomic E-state index is 0. The molecule has 0 spiro atoms. The highest BCUT2D eigenvalue weighted by Crippen LogP contribution is 2.19. The Labute approximate surface area is 184 Å². The van der Waals surface area contributed by atoms with Crippen LogP contribution in [0.4, 0.5) is 0 Å². The maximum Gasteiger partial charge on any atom is 0.191 e. The minimum Gasteiger partial charge on any atom is -0.385 e. The fourth-order valence-electron chi connectivity index (χ4n) is 3.27. The molecule has 2 N–H and O–H groups in total. The molecule has 0 bridgehead atoms. The van der Waals surface area contributed by atoms with Crippen LogP contribution in [0.5, 0.6) is 0 Å². The Morgan fingerprint density at radius 3 is 2.33 bits per heavy atom. The molecule has 0 unspecified atom stereocenters. The number of hydrogen-bond donors (Lipinski definition) is 2. The summed E-state index contributed by atoms with van der Waals surface area (Å²) in [4.78, 5) is 6.60. The van der Waals surface area contributed by atoms with Gasteiger partial charge in [0.05, 0.1) is 6.10 Å². The van der Waals surface area contributed by atoms with Crippen LogP contribution in [0, 0.1) is 0 Å². The number of rotatable bonds is 13. The maximum atomic E-state index is 6.04. The number of hydrogen-bond acceptors (Lipinski definition) is 4. The zero-order chi connectivity index (χ0) is 18.9. The molecule has 0 aliphatic heterocycles. The largest absolute Gasteiger partial charge is 0.385 e. The predicted molar refractivity (Wildman–Crippen MR) is 125 cm³/mol. The second kappa shape index (κ2) is 19.2. The number of halogens is 1. The Morgan fingerprint density at radius 1 is 0.963 bits per heavy atom. The van der Waals surface area contributed by atoms with Crippen molar-refractivity contribution >= 4 is 29.9 Å². The molecule has 0 amide bonds. The molecular formula is C20H43IN4O2. The van der Waals surface area contributed by atoms with Gasteiger partial charge in [-0.25, -0.2) is 0 Å². The SMILES string of the molecule is CN=C(NCCCCOC1CCCCCC1)NCCN(C)CCCOC.I. The highest BCUT2D eigenvalue weighted by Gasteiger charge is 2.11. The molecule has 6 nitrogen and oxygen atoms in total. The van der Waals surface area contributed by atoms with E-state index in [9.17, 15) is 0 Å². The molecule has 7 heteroatoms. The van der Waals surface area contributed by atoms with E-state index in [1.807, 2.05) is 7.05 Å². The van der Waals surface area contributed by atoms with Crippen molar-refractivity contribution in [2.75, 3.05) is 60.6 Å². The average molecular weight is 498 g/mol. The van der Waals surface area contributed by atoms with E-state index in [0.717, 1.165) is 64.6 Å². The standard InChI is InChI=1S/C20H42N4O2.HI/c1-21-20(23-14-16-24(2)15-10-17-25-3)22-13-8-9-18-26-19-11-6-4-5-7-12-19;/h19H,4-18H2,1-3H3,(H2,21,22,23);1H. The summed E-state index contributed by atoms with van der Waals surface area (Å²) in [7, 11) is 5.72. The molecule has 0 aromatic carbocycles. The first-order valence-electron chi connectivity index (χ1n) is 10.5. The first-order valence-corrected chi connectivity index (χ1v) is 10.5. The van der Waals surface area contributed by atoms with Crippen molar-refractivity contribution in [3.63, 3.8) is 0 Å². The van der Waals surface area contributed by atoms with E-state index in [1.165, 1.54) is 38.5 Å². The molecule has 162 valence electrons. The normalized spacial score (nSPS) is 16.1. The number of guanidine groups is 1. The van der Waals surface area contributed by atoms with Gasteiger partial charge in [0.15, 0.2) is 5.96 Å². The van der Waals surface area contributed by atoms with Gasteiger partial charge in [0.2, 0.25) is 0 Å². The average Bonchev–Trinajstić information content (AvgIpc) is 2.92. The van der Waals surface area contributed by atoms with Crippen LogP contribution in [0.25, 0.3) is 0 Å². The second-order valence-electron chi connectivity index (χ2n) is 7.27. The summed E-state index contributed by atoms with van der Waals surface area (Å²) in [5.74, 6) is 0.889. The molecule has 1 aliphatic carbocycles. The number of methoxy groups -OCH3 is 1. The number of nitrogens with zero attached hydrogens (tertiary/aromatic N) is 2. The fourth-order valence-corrected chi connectivity index (χ4v) is 3.27. The Balaban J connectivity index is 0.00000676. The number of ether oxygens (including phenoxy) is 2. The summed E-state index contributed by atoms with van der Waals surface area (Å²) in [6.07, 6.45) is 11.8. The van der Waals surface area contributed by atoms with Crippen LogP contribution in [-0.2, 0) is 9.47 Å². The van der Waals surface area contributed by atoms with Gasteiger partial charge < -0.3 is 25.0 Å². The number of likely N-dealkylation sites (N-methyl/N-ethyl adjacent to an activating group) is 1. The summed E-state index contributed by atoms with van der Waals surface area (Å²) in [5, 5.41) is 6.76. The number of nitrogens with one attached hydrogen (secondary N) is 2. The van der Waals surface area contributed by atoms with Crippen molar-refractivity contribution < 1.29 is 9.47 Å². The number of unbranched alkanes of at least 4 members (excludes halogenated alkanes) is 1. The van der Waals surface area contributed by atoms with Gasteiger partial charge in [-0.1, -0.05) is 25.7 Å². The van der Waals surface area contributed by atoms with Gasteiger partial charge in [0.25, 0.3) is 0 Å². The smallest absolute Gasteiger partial charge is 0.191 e. The Hall–Kier alpha value is -0.120. The number of aliphatic imine (C=N–C) groups is 1. The molecule has 0 atom stereocenters. The van der Waals surface area contributed by atoms with Crippen molar-refractivity contribution in [2.24, 2.45) is 4.99 Å². The second-order valence-corrected chi connectivity index (χ2v) is 7.27. The minimum absolute atomic E-state index is 0. The van der Waals surface area contributed by atoms with Crippen molar-refractivity contribution in [3.05, 3.63) is 0 Å². The monoisotopic (exact) mass is 498 g/mol. The topological polar surface area (TPSA) is 58.1 Å². The molecule has 1 aliphatic rings. The van der Waals surface area contributed by atoms with Crippen molar-refractivity contribution in [3.8, 4) is 0 Å². The van der Waals surface area contributed by atoms with Crippen LogP contribution < -0.4 is 10.6 Å². The highest BCUT2D eigenvalue weighted by molar-refractivity contribution is 14.0. The summed E-state index contributed by atoms with van der Waals surface area (Å²) >= 11 is 0. The summed E-state index contributed by atoms with van der Waals surface area (Å²) in [5.41, 5.74) is 0. The lowest BCUT2D eigenvalue weighted by Gasteiger charge is -2.18. The summed E-state index contributed by atoms with van der Waals surface area (Å²) in [6.45, 7) is 5.61. The van der Waals surface area contributed by atoms with Gasteiger partial charge in [0, 0.05) is 53.6 Å². The van der Waals surface area contributed by atoms with Crippen LogP contribution in [-0.4, -0.2) is 77.6 Å². The van der Waals surface area contributed by atoms with E-state index < -0.39 is 0 Å². The zero-order valence-corrected chi connectivity index (χ0v) is 20.1. The van der Waals surface area contributed by atoms with E-state index in [0.29, 0.717) is 6.10 Å². The predicted octanol–water partition coefficient (Wildman–Crippen LogP) is 3.26. The molecule has 27 heavy (non-hydrogen) atoms. The van der Waals surface area contributed by atoms with Gasteiger partial charge in [-0.2, -0.15) is 0 Å². The third-order valence-corrected chi connectivity index (χ3v) is 4.92. The van der Waals surface area contributed by atoms with E-state index in [2.05, 4.69) is 27.6 Å². The van der Waals surface area contributed by atoms with E-state index >= 15 is 0 Å². The lowest BCUT2D eigenvalue weighted by molar-refractivity contribution is 0.0411. The molecule has 1 rings (SSSR count).